The van der Waals surface area contributed by atoms with Gasteiger partial charge < -0.3 is 60.3 Å². The Hall–Kier alpha value is -6.75. The third kappa shape index (κ3) is 22.5. The highest BCUT2D eigenvalue weighted by Gasteiger charge is 2.42. The van der Waals surface area contributed by atoms with E-state index >= 15 is 0 Å². The Balaban J connectivity index is 0.675. The van der Waals surface area contributed by atoms with E-state index in [2.05, 4.69) is 37.4 Å². The van der Waals surface area contributed by atoms with Crippen molar-refractivity contribution in [2.75, 3.05) is 90.2 Å². The largest absolute Gasteiger partial charge is 0.447 e. The molecule has 4 aromatic rings. The van der Waals surface area contributed by atoms with Gasteiger partial charge in [-0.2, -0.15) is 11.8 Å². The third-order valence-corrected chi connectivity index (χ3v) is 14.4. The van der Waals surface area contributed by atoms with Crippen molar-refractivity contribution in [3.8, 4) is 0 Å². The van der Waals surface area contributed by atoms with E-state index in [-0.39, 0.29) is 102 Å². The summed E-state index contributed by atoms with van der Waals surface area (Å²) in [6, 6.07) is 37.0. The summed E-state index contributed by atoms with van der Waals surface area (Å²) in [5, 5.41) is 17.4. The summed E-state index contributed by atoms with van der Waals surface area (Å²) in [4.78, 5) is 79.8. The number of hydrogen-bond donors (Lipinski definition) is 7. The number of thioether (sulfide) groups is 1. The van der Waals surface area contributed by atoms with E-state index < -0.39 is 17.8 Å². The van der Waals surface area contributed by atoms with E-state index in [1.54, 1.807) is 12.1 Å². The van der Waals surface area contributed by atoms with Gasteiger partial charge in [0.25, 0.3) is 0 Å². The SMILES string of the molecule is O=C(CCCCC1SCC2NC(=O)NC21)NCCOCCOCCNC(=O)OCCOCCOCCOC(=O)NCc1ccc(NC(=O)CCCCCCC(=O)NOC(c2ccccc2)(c2ccccc2)c2ccccc2)cc1. The van der Waals surface area contributed by atoms with Gasteiger partial charge in [-0.15, -0.1) is 0 Å². The highest BCUT2D eigenvalue weighted by Crippen LogP contribution is 2.40. The van der Waals surface area contributed by atoms with Crippen molar-refractivity contribution >= 4 is 53.4 Å². The lowest BCUT2D eigenvalue weighted by atomic mass is 9.80. The second kappa shape index (κ2) is 35.7. The van der Waals surface area contributed by atoms with E-state index in [1.165, 1.54) is 0 Å². The summed E-state index contributed by atoms with van der Waals surface area (Å²) < 4.78 is 32.0. The van der Waals surface area contributed by atoms with Crippen molar-refractivity contribution in [1.82, 2.24) is 32.1 Å². The van der Waals surface area contributed by atoms with Gasteiger partial charge in [0.15, 0.2) is 5.60 Å². The van der Waals surface area contributed by atoms with Gasteiger partial charge in [-0.3, -0.25) is 19.2 Å². The molecule has 2 aliphatic heterocycles. The van der Waals surface area contributed by atoms with Crippen LogP contribution in [0.4, 0.5) is 20.1 Å². The number of alkyl carbamates (subject to hydrolysis) is 2. The molecule has 7 amide bonds. The number of hydrogen-bond acceptors (Lipinski definition) is 14. The first-order chi connectivity index (χ1) is 38.7. The first-order valence-electron chi connectivity index (χ1n) is 27.3. The molecule has 79 heavy (non-hydrogen) atoms. The molecule has 0 saturated carbocycles. The van der Waals surface area contributed by atoms with Crippen molar-refractivity contribution in [2.24, 2.45) is 0 Å². The molecule has 20 nitrogen and oxygen atoms in total. The monoisotopic (exact) mass is 1110 g/mol. The Morgan fingerprint density at radius 3 is 1.59 bits per heavy atom. The first kappa shape index (κ1) is 61.5. The summed E-state index contributed by atoms with van der Waals surface area (Å²) in [6.07, 6.45) is 5.55. The molecule has 6 rings (SSSR count). The molecule has 2 fully saturated rings. The van der Waals surface area contributed by atoms with Crippen LogP contribution in [0.2, 0.25) is 0 Å². The predicted molar refractivity (Wildman–Crippen MR) is 299 cm³/mol. The van der Waals surface area contributed by atoms with Crippen LogP contribution in [0.15, 0.2) is 115 Å². The molecule has 0 aliphatic carbocycles. The molecule has 2 saturated heterocycles. The number of nitrogens with one attached hydrogen (secondary N) is 7. The van der Waals surface area contributed by atoms with Gasteiger partial charge in [0.05, 0.1) is 64.9 Å². The second-order valence-corrected chi connectivity index (χ2v) is 20.1. The number of anilines is 1. The number of fused-ring (bicyclic) bond motifs is 1. The van der Waals surface area contributed by atoms with Crippen LogP contribution in [0.3, 0.4) is 0 Å². The summed E-state index contributed by atoms with van der Waals surface area (Å²) >= 11 is 1.88. The highest BCUT2D eigenvalue weighted by atomic mass is 32.2. The van der Waals surface area contributed by atoms with Gasteiger partial charge in [-0.25, -0.2) is 19.9 Å². The average Bonchev–Trinajstić information content (AvgIpc) is 4.04. The fourth-order valence-electron chi connectivity index (χ4n) is 8.89. The zero-order valence-corrected chi connectivity index (χ0v) is 45.7. The number of hydroxylamine groups is 1. The van der Waals surface area contributed by atoms with Crippen LogP contribution in [-0.2, 0) is 59.8 Å². The first-order valence-corrected chi connectivity index (χ1v) is 28.3. The lowest BCUT2D eigenvalue weighted by Crippen LogP contribution is -2.40. The molecular formula is C58H77N7O13S. The van der Waals surface area contributed by atoms with Gasteiger partial charge in [-0.05, 0) is 60.1 Å². The molecule has 21 heteroatoms. The van der Waals surface area contributed by atoms with Crippen molar-refractivity contribution in [2.45, 2.75) is 93.7 Å². The summed E-state index contributed by atoms with van der Waals surface area (Å²) in [5.74, 6) is 0.611. The minimum atomic E-state index is -1.05. The molecule has 2 heterocycles. The standard InChI is InChI=1S/C58H77N7O13S/c66-51(23-15-14-22-50-54-49(43-79-50)63-55(69)64-54)59-30-32-72-34-35-73-33-31-60-56(70)76-40-38-74-36-37-75-39-41-77-57(71)61-42-44-26-28-48(29-27-44)62-52(67)24-12-1-2-13-25-53(68)65-78-58(45-16-6-3-7-17-45,46-18-8-4-9-19-46)47-20-10-5-11-21-47/h3-11,16-21,26-29,49-50,54H,1-2,12-15,22-25,30-43H2,(H,59,66)(H,60,70)(H,61,71)(H,62,67)(H,65,68)(H2,63,64,69). The predicted octanol–water partition coefficient (Wildman–Crippen LogP) is 6.87. The number of urea groups is 1. The number of rotatable bonds is 38. The second-order valence-electron chi connectivity index (χ2n) is 18.8. The van der Waals surface area contributed by atoms with E-state index in [4.69, 9.17) is 33.3 Å². The summed E-state index contributed by atoms with van der Waals surface area (Å²) in [6.45, 7) is 3.28. The Bertz CT molecular complexity index is 2330. The van der Waals surface area contributed by atoms with Crippen LogP contribution >= 0.6 is 11.8 Å². The van der Waals surface area contributed by atoms with Crippen molar-refractivity contribution in [3.05, 3.63) is 138 Å². The van der Waals surface area contributed by atoms with Crippen LogP contribution in [0.5, 0.6) is 0 Å². The molecule has 2 aliphatic rings. The number of ether oxygens (including phenoxy) is 6. The number of carbonyl (C=O) groups excluding carboxylic acids is 6. The Kier molecular flexibility index (Phi) is 27.8. The highest BCUT2D eigenvalue weighted by molar-refractivity contribution is 8.00. The van der Waals surface area contributed by atoms with Crippen LogP contribution < -0.4 is 37.4 Å². The lowest BCUT2D eigenvalue weighted by Gasteiger charge is -2.35. The number of amides is 7. The molecule has 0 aromatic heterocycles. The van der Waals surface area contributed by atoms with Crippen molar-refractivity contribution in [1.29, 1.82) is 0 Å². The maximum absolute atomic E-state index is 13.1. The maximum Gasteiger partial charge on any atom is 0.407 e. The number of benzene rings is 4. The fourth-order valence-corrected chi connectivity index (χ4v) is 10.4. The molecule has 4 aromatic carbocycles. The minimum Gasteiger partial charge on any atom is -0.447 e. The van der Waals surface area contributed by atoms with E-state index in [0.29, 0.717) is 63.0 Å². The topological polar surface area (TPSA) is 251 Å². The van der Waals surface area contributed by atoms with Crippen molar-refractivity contribution < 1.29 is 62.0 Å². The molecule has 7 N–H and O–H groups in total. The molecule has 0 spiro atoms. The van der Waals surface area contributed by atoms with Crippen molar-refractivity contribution in [3.63, 3.8) is 0 Å². The minimum absolute atomic E-state index is 0.00209. The average molecular weight is 1110 g/mol. The van der Waals surface area contributed by atoms with E-state index in [9.17, 15) is 28.8 Å². The van der Waals surface area contributed by atoms with Gasteiger partial charge in [0.1, 0.15) is 13.2 Å². The molecule has 3 atom stereocenters. The van der Waals surface area contributed by atoms with Crippen LogP contribution in [0, 0.1) is 0 Å². The zero-order chi connectivity index (χ0) is 55.6. The lowest BCUT2D eigenvalue weighted by molar-refractivity contribution is -0.143. The summed E-state index contributed by atoms with van der Waals surface area (Å²) in [7, 11) is 0. The molecular weight excluding hydrogens is 1030 g/mol. The van der Waals surface area contributed by atoms with Gasteiger partial charge in [-0.1, -0.05) is 122 Å². The molecule has 0 bridgehead atoms. The summed E-state index contributed by atoms with van der Waals surface area (Å²) in [5.41, 5.74) is 5.83. The number of unbranched alkanes of at least 4 members (excludes halogenated alkanes) is 4. The van der Waals surface area contributed by atoms with E-state index in [1.807, 2.05) is 115 Å². The van der Waals surface area contributed by atoms with Gasteiger partial charge in [0.2, 0.25) is 17.7 Å². The van der Waals surface area contributed by atoms with Crippen LogP contribution in [0.1, 0.15) is 86.5 Å². The van der Waals surface area contributed by atoms with Crippen LogP contribution in [-0.4, -0.2) is 138 Å². The normalized spacial score (nSPS) is 15.5. The van der Waals surface area contributed by atoms with E-state index in [0.717, 1.165) is 60.1 Å². The van der Waals surface area contributed by atoms with Gasteiger partial charge in [0, 0.05) is 55.6 Å². The van der Waals surface area contributed by atoms with Crippen LogP contribution in [0.25, 0.3) is 0 Å². The molecule has 0 radical (unpaired) electrons. The fraction of sp³-hybridized carbons (Fsp3) is 0.483. The zero-order valence-electron chi connectivity index (χ0n) is 44.9. The Morgan fingerprint density at radius 1 is 0.519 bits per heavy atom. The number of carbonyl (C=O) groups is 6. The third-order valence-electron chi connectivity index (χ3n) is 12.9. The molecule has 3 unspecified atom stereocenters. The smallest absolute Gasteiger partial charge is 0.407 e. The Morgan fingerprint density at radius 2 is 1.01 bits per heavy atom. The van der Waals surface area contributed by atoms with Gasteiger partial charge >= 0.3 is 18.2 Å². The molecule has 428 valence electrons. The Labute approximate surface area is 467 Å². The maximum atomic E-state index is 13.1. The quantitative estimate of drug-likeness (QED) is 0.0105.